The second-order valence-corrected chi connectivity index (χ2v) is 8.35. The van der Waals surface area contributed by atoms with E-state index in [-0.39, 0.29) is 35.5 Å². The summed E-state index contributed by atoms with van der Waals surface area (Å²) in [5, 5.41) is 7.77. The molecule has 1 saturated carbocycles. The highest BCUT2D eigenvalue weighted by atomic mass is 127. The van der Waals surface area contributed by atoms with Gasteiger partial charge in [0.1, 0.15) is 0 Å². The molecule has 0 amide bonds. The average molecular weight is 443 g/mol. The van der Waals surface area contributed by atoms with Crippen molar-refractivity contribution in [3.63, 3.8) is 0 Å². The van der Waals surface area contributed by atoms with Gasteiger partial charge in [-0.15, -0.1) is 24.0 Å². The number of rotatable bonds is 6. The zero-order valence-electron chi connectivity index (χ0n) is 14.9. The van der Waals surface area contributed by atoms with Gasteiger partial charge in [-0.05, 0) is 30.4 Å². The van der Waals surface area contributed by atoms with Gasteiger partial charge < -0.3 is 15.4 Å². The molecule has 0 radical (unpaired) electrons. The van der Waals surface area contributed by atoms with Gasteiger partial charge in [0, 0.05) is 32.0 Å². The third kappa shape index (κ3) is 7.73. The highest BCUT2D eigenvalue weighted by Crippen LogP contribution is 2.29. The van der Waals surface area contributed by atoms with E-state index in [1.807, 2.05) is 7.05 Å². The molecule has 3 atom stereocenters. The Balaban J connectivity index is 0.00000441. The van der Waals surface area contributed by atoms with E-state index in [4.69, 9.17) is 4.74 Å². The molecule has 1 fully saturated rings. The molecule has 0 bridgehead atoms. The van der Waals surface area contributed by atoms with E-state index in [9.17, 15) is 0 Å². The predicted molar refractivity (Wildman–Crippen MR) is 110 cm³/mol. The summed E-state index contributed by atoms with van der Waals surface area (Å²) < 4.78 is 5.58. The largest absolute Gasteiger partial charge is 0.379 e. The zero-order chi connectivity index (χ0) is 15.9. The first kappa shape index (κ1) is 22.3. The predicted octanol–water partition coefficient (Wildman–Crippen LogP) is 3.50. The number of methoxy groups -OCH3 is 1. The third-order valence-electron chi connectivity index (χ3n) is 4.06. The molecule has 6 heteroatoms. The highest BCUT2D eigenvalue weighted by Gasteiger charge is 2.27. The third-order valence-corrected chi connectivity index (χ3v) is 5.29. The fourth-order valence-electron chi connectivity index (χ4n) is 2.78. The minimum atomic E-state index is 0. The summed E-state index contributed by atoms with van der Waals surface area (Å²) >= 11 is 2.08. The quantitative estimate of drug-likeness (QED) is 0.375. The van der Waals surface area contributed by atoms with Crippen molar-refractivity contribution < 1.29 is 4.74 Å². The lowest BCUT2D eigenvalue weighted by Crippen LogP contribution is -2.47. The first-order chi connectivity index (χ1) is 9.90. The van der Waals surface area contributed by atoms with Crippen molar-refractivity contribution in [2.45, 2.75) is 64.4 Å². The molecule has 0 aromatic heterocycles. The molecule has 0 saturated heterocycles. The first-order valence-corrected chi connectivity index (χ1v) is 9.07. The summed E-state index contributed by atoms with van der Waals surface area (Å²) in [6, 6.07) is 0.552. The molecule has 3 unspecified atom stereocenters. The number of hydrogen-bond acceptors (Lipinski definition) is 3. The monoisotopic (exact) mass is 443 g/mol. The van der Waals surface area contributed by atoms with Crippen LogP contribution in [0.4, 0.5) is 0 Å². The van der Waals surface area contributed by atoms with Crippen LogP contribution in [0.3, 0.4) is 0 Å². The van der Waals surface area contributed by atoms with Crippen LogP contribution in [0.15, 0.2) is 4.99 Å². The SMILES string of the molecule is CCSC1CCC(NC(=NC)NCC(OC)C(C)(C)C)C1.I. The van der Waals surface area contributed by atoms with Crippen LogP contribution in [-0.2, 0) is 4.74 Å². The second kappa shape index (κ2) is 11.0. The smallest absolute Gasteiger partial charge is 0.191 e. The minimum Gasteiger partial charge on any atom is -0.379 e. The van der Waals surface area contributed by atoms with Crippen molar-refractivity contribution >= 4 is 41.7 Å². The molecule has 2 N–H and O–H groups in total. The fraction of sp³-hybridized carbons (Fsp3) is 0.938. The maximum atomic E-state index is 5.58. The molecule has 4 nitrogen and oxygen atoms in total. The van der Waals surface area contributed by atoms with Gasteiger partial charge in [-0.1, -0.05) is 27.7 Å². The van der Waals surface area contributed by atoms with E-state index in [2.05, 4.69) is 55.1 Å². The molecular weight excluding hydrogens is 409 g/mol. The lowest BCUT2D eigenvalue weighted by Gasteiger charge is -2.30. The van der Waals surface area contributed by atoms with Gasteiger partial charge in [-0.25, -0.2) is 0 Å². The van der Waals surface area contributed by atoms with Crippen LogP contribution in [0.1, 0.15) is 47.0 Å². The van der Waals surface area contributed by atoms with Gasteiger partial charge in [0.05, 0.1) is 6.10 Å². The van der Waals surface area contributed by atoms with Crippen molar-refractivity contribution in [1.29, 1.82) is 0 Å². The number of nitrogens with zero attached hydrogens (tertiary/aromatic N) is 1. The molecule has 0 aromatic rings. The Morgan fingerprint density at radius 2 is 2.05 bits per heavy atom. The topological polar surface area (TPSA) is 45.7 Å². The van der Waals surface area contributed by atoms with E-state index in [1.165, 1.54) is 25.0 Å². The normalized spacial score (nSPS) is 23.8. The fourth-order valence-corrected chi connectivity index (χ4v) is 3.92. The van der Waals surface area contributed by atoms with Gasteiger partial charge in [0.15, 0.2) is 5.96 Å². The van der Waals surface area contributed by atoms with Crippen molar-refractivity contribution in [1.82, 2.24) is 10.6 Å². The average Bonchev–Trinajstić information content (AvgIpc) is 2.84. The zero-order valence-corrected chi connectivity index (χ0v) is 18.1. The van der Waals surface area contributed by atoms with Crippen molar-refractivity contribution in [2.24, 2.45) is 10.4 Å². The first-order valence-electron chi connectivity index (χ1n) is 8.02. The summed E-state index contributed by atoms with van der Waals surface area (Å²) in [6.45, 7) is 9.61. The van der Waals surface area contributed by atoms with Crippen LogP contribution in [0.25, 0.3) is 0 Å². The standard InChI is InChI=1S/C16H33N3OS.HI/c1-7-21-13-9-8-12(10-13)19-15(17-5)18-11-14(20-6)16(2,3)4;/h12-14H,7-11H2,1-6H3,(H2,17,18,19);1H. The Morgan fingerprint density at radius 3 is 2.55 bits per heavy atom. The summed E-state index contributed by atoms with van der Waals surface area (Å²) in [7, 11) is 3.61. The van der Waals surface area contributed by atoms with E-state index in [1.54, 1.807) is 7.11 Å². The number of thioether (sulfide) groups is 1. The summed E-state index contributed by atoms with van der Waals surface area (Å²) in [4.78, 5) is 4.34. The van der Waals surface area contributed by atoms with Crippen LogP contribution in [0.2, 0.25) is 0 Å². The van der Waals surface area contributed by atoms with Crippen LogP contribution in [-0.4, -0.2) is 49.8 Å². The minimum absolute atomic E-state index is 0. The van der Waals surface area contributed by atoms with E-state index < -0.39 is 0 Å². The molecule has 132 valence electrons. The van der Waals surface area contributed by atoms with Gasteiger partial charge in [-0.2, -0.15) is 11.8 Å². The number of aliphatic imine (C=N–C) groups is 1. The van der Waals surface area contributed by atoms with Crippen molar-refractivity contribution in [2.75, 3.05) is 26.5 Å². The lowest BCUT2D eigenvalue weighted by atomic mass is 9.89. The molecule has 1 rings (SSSR count). The van der Waals surface area contributed by atoms with Gasteiger partial charge in [-0.3, -0.25) is 4.99 Å². The summed E-state index contributed by atoms with van der Waals surface area (Å²) in [5.41, 5.74) is 0.122. The number of halogens is 1. The summed E-state index contributed by atoms with van der Waals surface area (Å²) in [6.07, 6.45) is 3.97. The van der Waals surface area contributed by atoms with Crippen LogP contribution in [0, 0.1) is 5.41 Å². The Hall–Kier alpha value is 0.310. The molecular formula is C16H34IN3OS. The molecule has 0 aromatic carbocycles. The lowest BCUT2D eigenvalue weighted by molar-refractivity contribution is 0.0205. The van der Waals surface area contributed by atoms with Gasteiger partial charge >= 0.3 is 0 Å². The van der Waals surface area contributed by atoms with E-state index >= 15 is 0 Å². The van der Waals surface area contributed by atoms with Gasteiger partial charge in [0.2, 0.25) is 0 Å². The van der Waals surface area contributed by atoms with Crippen LogP contribution >= 0.6 is 35.7 Å². The van der Waals surface area contributed by atoms with E-state index in [0.717, 1.165) is 17.8 Å². The maximum absolute atomic E-state index is 5.58. The molecule has 1 aliphatic carbocycles. The van der Waals surface area contributed by atoms with Crippen LogP contribution < -0.4 is 10.6 Å². The van der Waals surface area contributed by atoms with Gasteiger partial charge in [0.25, 0.3) is 0 Å². The Labute approximate surface area is 158 Å². The molecule has 0 spiro atoms. The van der Waals surface area contributed by atoms with E-state index in [0.29, 0.717) is 6.04 Å². The second-order valence-electron chi connectivity index (χ2n) is 6.78. The number of hydrogen-bond donors (Lipinski definition) is 2. The molecule has 0 aliphatic heterocycles. The maximum Gasteiger partial charge on any atom is 0.191 e. The van der Waals surface area contributed by atoms with Crippen molar-refractivity contribution in [3.8, 4) is 0 Å². The molecule has 22 heavy (non-hydrogen) atoms. The van der Waals surface area contributed by atoms with Crippen LogP contribution in [0.5, 0.6) is 0 Å². The van der Waals surface area contributed by atoms with Crippen molar-refractivity contribution in [3.05, 3.63) is 0 Å². The molecule has 0 heterocycles. The Kier molecular flexibility index (Phi) is 11.1. The Bertz CT molecular complexity index is 334. The number of ether oxygens (including phenoxy) is 1. The molecule has 1 aliphatic rings. The summed E-state index contributed by atoms with van der Waals surface area (Å²) in [5.74, 6) is 2.11. The number of nitrogens with one attached hydrogen (secondary N) is 2. The highest BCUT2D eigenvalue weighted by molar-refractivity contribution is 14.0. The Morgan fingerprint density at radius 1 is 1.36 bits per heavy atom. The number of guanidine groups is 1.